The second kappa shape index (κ2) is 6.03. The van der Waals surface area contributed by atoms with Crippen molar-refractivity contribution in [1.29, 1.82) is 0 Å². The van der Waals surface area contributed by atoms with Crippen LogP contribution in [0, 0.1) is 0 Å². The molecule has 1 aromatic rings. The first-order valence-corrected chi connectivity index (χ1v) is 5.25. The lowest BCUT2D eigenvalue weighted by molar-refractivity contribution is 0.258. The maximum atomic E-state index is 12.0. The highest BCUT2D eigenvalue weighted by molar-refractivity contribution is 6.31. The average molecular weight is 253 g/mol. The fraction of sp³-hybridized carbons (Fsp3) is 0.400. The summed E-state index contributed by atoms with van der Waals surface area (Å²) in [4.78, 5) is 0. The Bertz CT molecular complexity index is 306. The minimum absolute atomic E-state index is 0.0259. The van der Waals surface area contributed by atoms with E-state index in [9.17, 15) is 4.39 Å². The Morgan fingerprint density at radius 1 is 1.40 bits per heavy atom. The van der Waals surface area contributed by atoms with E-state index in [-0.39, 0.29) is 12.5 Å². The van der Waals surface area contributed by atoms with Crippen molar-refractivity contribution in [3.63, 3.8) is 0 Å². The van der Waals surface area contributed by atoms with E-state index in [1.54, 1.807) is 12.1 Å². The van der Waals surface area contributed by atoms with Crippen molar-refractivity contribution in [2.24, 2.45) is 0 Å². The summed E-state index contributed by atoms with van der Waals surface area (Å²) in [6, 6.07) is 3.27. The van der Waals surface area contributed by atoms with Crippen LogP contribution in [0.5, 0.6) is 11.5 Å². The Labute approximate surface area is 97.9 Å². The van der Waals surface area contributed by atoms with E-state index >= 15 is 0 Å². The Balaban J connectivity index is 3.06. The third-order valence-corrected chi connectivity index (χ3v) is 2.29. The zero-order valence-electron chi connectivity index (χ0n) is 8.23. The predicted octanol–water partition coefficient (Wildman–Crippen LogP) is 3.44. The highest BCUT2D eigenvalue weighted by Crippen LogP contribution is 2.35. The predicted molar refractivity (Wildman–Crippen MR) is 59.0 cm³/mol. The standard InChI is InChI=1S/C10H11Cl2FO2/c1-14-9-5-8(12)4-7(6-11)10(9)15-3-2-13/h4-5H,2-3,6H2,1H3. The molecule has 0 aromatic heterocycles. The first-order valence-electron chi connectivity index (χ1n) is 4.34. The van der Waals surface area contributed by atoms with E-state index in [4.69, 9.17) is 32.7 Å². The van der Waals surface area contributed by atoms with Crippen LogP contribution >= 0.6 is 23.2 Å². The van der Waals surface area contributed by atoms with Crippen molar-refractivity contribution in [2.45, 2.75) is 5.88 Å². The highest BCUT2D eigenvalue weighted by Gasteiger charge is 2.11. The maximum absolute atomic E-state index is 12.0. The molecule has 0 aliphatic rings. The van der Waals surface area contributed by atoms with Gasteiger partial charge < -0.3 is 9.47 Å². The molecule has 0 spiro atoms. The second-order valence-corrected chi connectivity index (χ2v) is 3.47. The summed E-state index contributed by atoms with van der Waals surface area (Å²) in [5.74, 6) is 1.15. The van der Waals surface area contributed by atoms with Crippen LogP contribution in [0.1, 0.15) is 5.56 Å². The van der Waals surface area contributed by atoms with Crippen molar-refractivity contribution in [3.05, 3.63) is 22.7 Å². The molecule has 15 heavy (non-hydrogen) atoms. The van der Waals surface area contributed by atoms with Crippen molar-refractivity contribution >= 4 is 23.2 Å². The smallest absolute Gasteiger partial charge is 0.165 e. The molecule has 5 heteroatoms. The van der Waals surface area contributed by atoms with Gasteiger partial charge in [-0.15, -0.1) is 11.6 Å². The van der Waals surface area contributed by atoms with E-state index in [1.807, 2.05) is 0 Å². The zero-order valence-corrected chi connectivity index (χ0v) is 9.74. The number of ether oxygens (including phenoxy) is 2. The van der Waals surface area contributed by atoms with Gasteiger partial charge in [-0.1, -0.05) is 11.6 Å². The van der Waals surface area contributed by atoms with Crippen LogP contribution in [0.2, 0.25) is 5.02 Å². The maximum Gasteiger partial charge on any atom is 0.165 e. The largest absolute Gasteiger partial charge is 0.493 e. The van der Waals surface area contributed by atoms with Gasteiger partial charge in [0.2, 0.25) is 0 Å². The summed E-state index contributed by atoms with van der Waals surface area (Å²) < 4.78 is 22.3. The number of benzene rings is 1. The van der Waals surface area contributed by atoms with Crippen LogP contribution in [0.3, 0.4) is 0 Å². The Hall–Kier alpha value is -0.670. The molecule has 0 amide bonds. The fourth-order valence-corrected chi connectivity index (χ4v) is 1.61. The first kappa shape index (κ1) is 12.4. The highest BCUT2D eigenvalue weighted by atomic mass is 35.5. The third-order valence-electron chi connectivity index (χ3n) is 1.78. The monoisotopic (exact) mass is 252 g/mol. The molecule has 1 aromatic carbocycles. The molecule has 0 N–H and O–H groups in total. The van der Waals surface area contributed by atoms with Gasteiger partial charge in [0, 0.05) is 16.7 Å². The minimum Gasteiger partial charge on any atom is -0.493 e. The van der Waals surface area contributed by atoms with Crippen molar-refractivity contribution < 1.29 is 13.9 Å². The topological polar surface area (TPSA) is 18.5 Å². The van der Waals surface area contributed by atoms with E-state index < -0.39 is 6.67 Å². The minimum atomic E-state index is -0.562. The van der Waals surface area contributed by atoms with Crippen LogP contribution in [0.25, 0.3) is 0 Å². The molecular formula is C10H11Cl2FO2. The molecule has 0 aliphatic carbocycles. The Morgan fingerprint density at radius 3 is 2.67 bits per heavy atom. The second-order valence-electron chi connectivity index (χ2n) is 2.77. The lowest BCUT2D eigenvalue weighted by Crippen LogP contribution is -2.03. The zero-order chi connectivity index (χ0) is 11.3. The van der Waals surface area contributed by atoms with Gasteiger partial charge in [0.05, 0.1) is 13.0 Å². The summed E-state index contributed by atoms with van der Waals surface area (Å²) >= 11 is 11.6. The molecule has 0 heterocycles. The molecule has 0 saturated heterocycles. The van der Waals surface area contributed by atoms with Crippen LogP contribution in [-0.4, -0.2) is 20.4 Å². The van der Waals surface area contributed by atoms with Gasteiger partial charge in [0.15, 0.2) is 11.5 Å². The third kappa shape index (κ3) is 3.14. The summed E-state index contributed by atoms with van der Waals surface area (Å²) in [6.45, 7) is -0.588. The number of halogens is 3. The number of rotatable bonds is 5. The number of hydrogen-bond donors (Lipinski definition) is 0. The molecule has 2 nitrogen and oxygen atoms in total. The van der Waals surface area contributed by atoms with Gasteiger partial charge in [-0.25, -0.2) is 4.39 Å². The summed E-state index contributed by atoms with van der Waals surface area (Å²) in [5, 5.41) is 0.509. The molecular weight excluding hydrogens is 242 g/mol. The van der Waals surface area contributed by atoms with E-state index in [0.29, 0.717) is 22.1 Å². The molecule has 0 fully saturated rings. The quantitative estimate of drug-likeness (QED) is 0.748. The molecule has 0 saturated carbocycles. The van der Waals surface area contributed by atoms with E-state index in [1.165, 1.54) is 7.11 Å². The fourth-order valence-electron chi connectivity index (χ4n) is 1.18. The number of methoxy groups -OCH3 is 1. The van der Waals surface area contributed by atoms with Crippen LogP contribution in [-0.2, 0) is 5.88 Å². The summed E-state index contributed by atoms with van der Waals surface area (Å²) in [6.07, 6.45) is 0. The first-order chi connectivity index (χ1) is 7.22. The van der Waals surface area contributed by atoms with Crippen LogP contribution < -0.4 is 9.47 Å². The SMILES string of the molecule is COc1cc(Cl)cc(CCl)c1OCCF. The Kier molecular flexibility index (Phi) is 4.99. The van der Waals surface area contributed by atoms with Crippen molar-refractivity contribution in [3.8, 4) is 11.5 Å². The van der Waals surface area contributed by atoms with Gasteiger partial charge in [0.1, 0.15) is 13.3 Å². The van der Waals surface area contributed by atoms with Crippen LogP contribution in [0.15, 0.2) is 12.1 Å². The van der Waals surface area contributed by atoms with Crippen LogP contribution in [0.4, 0.5) is 4.39 Å². The molecule has 0 atom stereocenters. The lowest BCUT2D eigenvalue weighted by atomic mass is 10.2. The van der Waals surface area contributed by atoms with E-state index in [0.717, 1.165) is 0 Å². The molecule has 0 bridgehead atoms. The molecule has 1 rings (SSSR count). The van der Waals surface area contributed by atoms with Gasteiger partial charge in [-0.3, -0.25) is 0 Å². The lowest BCUT2D eigenvalue weighted by Gasteiger charge is -2.13. The molecule has 0 radical (unpaired) electrons. The van der Waals surface area contributed by atoms with Crippen molar-refractivity contribution in [1.82, 2.24) is 0 Å². The Morgan fingerprint density at radius 2 is 2.13 bits per heavy atom. The van der Waals surface area contributed by atoms with Gasteiger partial charge in [0.25, 0.3) is 0 Å². The normalized spacial score (nSPS) is 10.1. The van der Waals surface area contributed by atoms with Gasteiger partial charge >= 0.3 is 0 Å². The summed E-state index contributed by atoms with van der Waals surface area (Å²) in [5.41, 5.74) is 0.689. The van der Waals surface area contributed by atoms with Gasteiger partial charge in [-0.2, -0.15) is 0 Å². The number of alkyl halides is 2. The number of hydrogen-bond acceptors (Lipinski definition) is 2. The summed E-state index contributed by atoms with van der Waals surface area (Å²) in [7, 11) is 1.49. The molecule has 84 valence electrons. The van der Waals surface area contributed by atoms with E-state index in [2.05, 4.69) is 0 Å². The van der Waals surface area contributed by atoms with Gasteiger partial charge in [-0.05, 0) is 6.07 Å². The average Bonchev–Trinajstić information content (AvgIpc) is 2.26. The molecule has 0 aliphatic heterocycles. The molecule has 0 unspecified atom stereocenters. The van der Waals surface area contributed by atoms with Crippen molar-refractivity contribution in [2.75, 3.05) is 20.4 Å².